The Labute approximate surface area is 488 Å². The van der Waals surface area contributed by atoms with E-state index in [1.165, 1.54) is 128 Å². The van der Waals surface area contributed by atoms with Crippen molar-refractivity contribution < 1.29 is 28.6 Å². The third kappa shape index (κ3) is 64.5. The Morgan fingerprint density at radius 3 is 0.772 bits per heavy atom. The molecule has 0 aliphatic rings. The lowest BCUT2D eigenvalue weighted by molar-refractivity contribution is -0.167. The third-order valence-corrected chi connectivity index (χ3v) is 14.0. The van der Waals surface area contributed by atoms with E-state index in [2.05, 4.69) is 142 Å². The van der Waals surface area contributed by atoms with Gasteiger partial charge in [0.05, 0.1) is 0 Å². The molecule has 0 amide bonds. The zero-order valence-corrected chi connectivity index (χ0v) is 51.6. The van der Waals surface area contributed by atoms with Crippen LogP contribution < -0.4 is 0 Å². The molecule has 1 unspecified atom stereocenters. The second-order valence-electron chi connectivity index (χ2n) is 21.6. The summed E-state index contributed by atoms with van der Waals surface area (Å²) in [5.74, 6) is -0.908. The summed E-state index contributed by atoms with van der Waals surface area (Å²) in [5.41, 5.74) is 0. The number of hydrogen-bond donors (Lipinski definition) is 0. The lowest BCUT2D eigenvalue weighted by atomic mass is 10.0. The summed E-state index contributed by atoms with van der Waals surface area (Å²) in [6, 6.07) is 0. The molecule has 0 N–H and O–H groups in total. The van der Waals surface area contributed by atoms with Gasteiger partial charge in [0, 0.05) is 19.3 Å². The van der Waals surface area contributed by atoms with Gasteiger partial charge in [-0.2, -0.15) is 0 Å². The first-order valence-corrected chi connectivity index (χ1v) is 33.0. The zero-order chi connectivity index (χ0) is 57.1. The van der Waals surface area contributed by atoms with Crippen LogP contribution in [0, 0.1) is 0 Å². The number of carbonyl (C=O) groups is 3. The van der Waals surface area contributed by atoms with Gasteiger partial charge in [-0.3, -0.25) is 14.4 Å². The van der Waals surface area contributed by atoms with E-state index in [9.17, 15) is 14.4 Å². The Balaban J connectivity index is 4.22. The SMILES string of the molecule is CC/C=C\C/C=C\C/C=C\C/C=C\C/C=C\C/C=C\CCCCCCC(=O)OC(COC(=O)CCCCCCCCCCC)COC(=O)CCCCCCCCCCCCCCCCCC/C=C\C/C=C\C/C=C\C/C=C\CC. The van der Waals surface area contributed by atoms with E-state index in [1.54, 1.807) is 0 Å². The molecule has 0 rings (SSSR count). The lowest BCUT2D eigenvalue weighted by Crippen LogP contribution is -2.30. The fraction of sp³-hybridized carbons (Fsp3) is 0.685. The first kappa shape index (κ1) is 74.8. The molecule has 79 heavy (non-hydrogen) atoms. The fourth-order valence-electron chi connectivity index (χ4n) is 9.09. The van der Waals surface area contributed by atoms with Crippen LogP contribution in [0.15, 0.2) is 122 Å². The molecular formula is C73H122O6. The molecule has 0 heterocycles. The Morgan fingerprint density at radius 1 is 0.266 bits per heavy atom. The van der Waals surface area contributed by atoms with E-state index in [0.29, 0.717) is 19.3 Å². The minimum atomic E-state index is -0.792. The van der Waals surface area contributed by atoms with Crippen LogP contribution in [0.4, 0.5) is 0 Å². The first-order chi connectivity index (χ1) is 39.0. The molecule has 0 aliphatic carbocycles. The van der Waals surface area contributed by atoms with Gasteiger partial charge in [0.15, 0.2) is 6.10 Å². The molecule has 0 saturated carbocycles. The van der Waals surface area contributed by atoms with Gasteiger partial charge in [-0.25, -0.2) is 0 Å². The summed E-state index contributed by atoms with van der Waals surface area (Å²) in [7, 11) is 0. The summed E-state index contributed by atoms with van der Waals surface area (Å²) in [6.45, 7) is 6.39. The topological polar surface area (TPSA) is 78.9 Å². The van der Waals surface area contributed by atoms with Crippen molar-refractivity contribution in [2.24, 2.45) is 0 Å². The summed E-state index contributed by atoms with van der Waals surface area (Å²) < 4.78 is 16.9. The Bertz CT molecular complexity index is 1640. The van der Waals surface area contributed by atoms with E-state index in [0.717, 1.165) is 135 Å². The molecule has 1 atom stereocenters. The van der Waals surface area contributed by atoms with Crippen molar-refractivity contribution in [1.82, 2.24) is 0 Å². The molecule has 0 fully saturated rings. The average Bonchev–Trinajstić information content (AvgIpc) is 3.45. The number of rotatable bonds is 59. The van der Waals surface area contributed by atoms with Crippen molar-refractivity contribution in [2.45, 2.75) is 309 Å². The van der Waals surface area contributed by atoms with E-state index >= 15 is 0 Å². The number of hydrogen-bond acceptors (Lipinski definition) is 6. The predicted molar refractivity (Wildman–Crippen MR) is 343 cm³/mol. The van der Waals surface area contributed by atoms with Crippen LogP contribution in [0.2, 0.25) is 0 Å². The summed E-state index contributed by atoms with van der Waals surface area (Å²) in [5, 5.41) is 0. The average molecular weight is 1100 g/mol. The van der Waals surface area contributed by atoms with Crippen LogP contribution in [0.3, 0.4) is 0 Å². The smallest absolute Gasteiger partial charge is 0.306 e. The molecule has 6 heteroatoms. The standard InChI is InChI=1S/C73H122O6/c1-4-7-10-13-16-19-21-23-25-27-29-31-33-34-35-36-37-38-40-41-43-45-47-49-51-54-57-60-63-66-72(75)78-69-70(68-77-71(74)65-62-59-56-53-18-15-12-9-6-3)79-73(76)67-64-61-58-55-52-50-48-46-44-42-39-32-30-28-26-24-22-20-17-14-11-8-5-2/h7-8,10-11,16-17,19-20,23-26,29-32,42,44,48,50,70H,4-6,9,12-15,18,21-22,27-28,33-41,43,45-47,49,51-69H2,1-3H3/b10-7-,11-8-,19-16-,20-17-,25-23-,26-24-,31-29-,32-30-,44-42-,50-48-. The third-order valence-electron chi connectivity index (χ3n) is 14.0. The molecule has 0 spiro atoms. The van der Waals surface area contributed by atoms with Gasteiger partial charge >= 0.3 is 17.9 Å². The fourth-order valence-corrected chi connectivity index (χ4v) is 9.09. The van der Waals surface area contributed by atoms with Gasteiger partial charge < -0.3 is 14.2 Å². The quantitative estimate of drug-likeness (QED) is 0.0261. The molecule has 0 aromatic heterocycles. The molecule has 0 saturated heterocycles. The van der Waals surface area contributed by atoms with Crippen LogP contribution in [0.25, 0.3) is 0 Å². The molecule has 450 valence electrons. The van der Waals surface area contributed by atoms with Crippen molar-refractivity contribution in [3.8, 4) is 0 Å². The summed E-state index contributed by atoms with van der Waals surface area (Å²) in [6.07, 6.45) is 92.2. The number of ether oxygens (including phenoxy) is 3. The molecule has 0 radical (unpaired) electrons. The van der Waals surface area contributed by atoms with Crippen LogP contribution in [-0.4, -0.2) is 37.2 Å². The minimum Gasteiger partial charge on any atom is -0.462 e. The monoisotopic (exact) mass is 1090 g/mol. The van der Waals surface area contributed by atoms with Crippen molar-refractivity contribution in [1.29, 1.82) is 0 Å². The maximum atomic E-state index is 12.9. The van der Waals surface area contributed by atoms with Crippen LogP contribution >= 0.6 is 0 Å². The Hall–Kier alpha value is -4.19. The van der Waals surface area contributed by atoms with Gasteiger partial charge in [0.1, 0.15) is 13.2 Å². The maximum absolute atomic E-state index is 12.9. The number of esters is 3. The molecule has 0 bridgehead atoms. The normalized spacial score (nSPS) is 12.9. The number of carbonyl (C=O) groups excluding carboxylic acids is 3. The van der Waals surface area contributed by atoms with E-state index < -0.39 is 6.10 Å². The summed E-state index contributed by atoms with van der Waals surface area (Å²) >= 11 is 0. The molecular weight excluding hydrogens is 973 g/mol. The van der Waals surface area contributed by atoms with E-state index in [4.69, 9.17) is 14.2 Å². The zero-order valence-electron chi connectivity index (χ0n) is 51.6. The van der Waals surface area contributed by atoms with Crippen LogP contribution in [0.1, 0.15) is 303 Å². The second-order valence-corrected chi connectivity index (χ2v) is 21.6. The first-order valence-electron chi connectivity index (χ1n) is 33.0. The number of allylic oxidation sites excluding steroid dienone is 20. The van der Waals surface area contributed by atoms with Crippen molar-refractivity contribution in [3.63, 3.8) is 0 Å². The highest BCUT2D eigenvalue weighted by Gasteiger charge is 2.19. The highest BCUT2D eigenvalue weighted by Crippen LogP contribution is 2.16. The molecule has 6 nitrogen and oxygen atoms in total. The van der Waals surface area contributed by atoms with Crippen molar-refractivity contribution in [3.05, 3.63) is 122 Å². The van der Waals surface area contributed by atoms with Gasteiger partial charge in [-0.1, -0.05) is 296 Å². The van der Waals surface area contributed by atoms with E-state index in [1.807, 2.05) is 0 Å². The predicted octanol–water partition coefficient (Wildman–Crippen LogP) is 22.8. The largest absolute Gasteiger partial charge is 0.462 e. The second kappa shape index (κ2) is 66.3. The molecule has 0 aromatic carbocycles. The number of unbranched alkanes of at least 4 members (excludes halogenated alkanes) is 28. The van der Waals surface area contributed by atoms with Crippen LogP contribution in [0.5, 0.6) is 0 Å². The Morgan fingerprint density at radius 2 is 0.494 bits per heavy atom. The Kier molecular flexibility index (Phi) is 62.8. The maximum Gasteiger partial charge on any atom is 0.306 e. The lowest BCUT2D eigenvalue weighted by Gasteiger charge is -2.18. The van der Waals surface area contributed by atoms with Crippen LogP contribution in [-0.2, 0) is 28.6 Å². The summed E-state index contributed by atoms with van der Waals surface area (Å²) in [4.78, 5) is 38.2. The highest BCUT2D eigenvalue weighted by molar-refractivity contribution is 5.71. The van der Waals surface area contributed by atoms with Crippen molar-refractivity contribution in [2.75, 3.05) is 13.2 Å². The van der Waals surface area contributed by atoms with Crippen molar-refractivity contribution >= 4 is 17.9 Å². The van der Waals surface area contributed by atoms with Gasteiger partial charge in [0.2, 0.25) is 0 Å². The van der Waals surface area contributed by atoms with Gasteiger partial charge in [-0.15, -0.1) is 0 Å². The van der Waals surface area contributed by atoms with E-state index in [-0.39, 0.29) is 31.1 Å². The highest BCUT2D eigenvalue weighted by atomic mass is 16.6. The molecule has 0 aromatic rings. The molecule has 0 aliphatic heterocycles. The minimum absolute atomic E-state index is 0.0874. The van der Waals surface area contributed by atoms with Gasteiger partial charge in [0.25, 0.3) is 0 Å². The van der Waals surface area contributed by atoms with Gasteiger partial charge in [-0.05, 0) is 109 Å².